The van der Waals surface area contributed by atoms with Crippen molar-refractivity contribution in [3.63, 3.8) is 0 Å². The van der Waals surface area contributed by atoms with E-state index in [0.29, 0.717) is 25.1 Å². The first-order valence-electron chi connectivity index (χ1n) is 7.76. The molecule has 2 amide bonds. The summed E-state index contributed by atoms with van der Waals surface area (Å²) in [4.78, 5) is 27.6. The highest BCUT2D eigenvalue weighted by Gasteiger charge is 2.27. The number of carbonyl (C=O) groups is 2. The number of hydrogen-bond donors (Lipinski definition) is 0. The van der Waals surface area contributed by atoms with Crippen LogP contribution in [0.1, 0.15) is 23.2 Å². The smallest absolute Gasteiger partial charge is 0.259 e. The van der Waals surface area contributed by atoms with Gasteiger partial charge in [0.25, 0.3) is 5.91 Å². The molecule has 2 aromatic carbocycles. The third kappa shape index (κ3) is 3.79. The third-order valence-electron chi connectivity index (χ3n) is 4.02. The molecule has 1 heterocycles. The number of anilines is 1. The molecule has 0 atom stereocenters. The molecule has 25 heavy (non-hydrogen) atoms. The van der Waals surface area contributed by atoms with E-state index in [9.17, 15) is 18.4 Å². The Morgan fingerprint density at radius 1 is 1.20 bits per heavy atom. The van der Waals surface area contributed by atoms with Gasteiger partial charge in [-0.15, -0.1) is 0 Å². The first-order valence-corrected chi connectivity index (χ1v) is 8.14. The van der Waals surface area contributed by atoms with Gasteiger partial charge in [-0.25, -0.2) is 8.78 Å². The summed E-state index contributed by atoms with van der Waals surface area (Å²) in [5.74, 6) is -1.71. The Bertz CT molecular complexity index is 828. The minimum absolute atomic E-state index is 0.00383. The molecule has 1 aliphatic heterocycles. The zero-order valence-corrected chi connectivity index (χ0v) is 14.0. The van der Waals surface area contributed by atoms with E-state index in [1.807, 2.05) is 0 Å². The number of benzene rings is 2. The van der Waals surface area contributed by atoms with E-state index in [-0.39, 0.29) is 23.2 Å². The van der Waals surface area contributed by atoms with Gasteiger partial charge in [0, 0.05) is 24.2 Å². The number of halogens is 3. The zero-order chi connectivity index (χ0) is 18.0. The molecular weight excluding hydrogens is 350 g/mol. The second-order valence-corrected chi connectivity index (χ2v) is 6.15. The van der Waals surface area contributed by atoms with Crippen LogP contribution < -0.4 is 4.90 Å². The van der Waals surface area contributed by atoms with Gasteiger partial charge in [-0.3, -0.25) is 14.5 Å². The second-order valence-electron chi connectivity index (χ2n) is 5.74. The molecule has 130 valence electrons. The lowest BCUT2D eigenvalue weighted by Gasteiger charge is -2.28. The maximum atomic E-state index is 13.5. The van der Waals surface area contributed by atoms with Crippen molar-refractivity contribution in [3.05, 3.63) is 64.7 Å². The predicted molar refractivity (Wildman–Crippen MR) is 90.4 cm³/mol. The van der Waals surface area contributed by atoms with E-state index in [0.717, 1.165) is 12.1 Å². The molecule has 0 unspecified atom stereocenters. The topological polar surface area (TPSA) is 40.6 Å². The van der Waals surface area contributed by atoms with Crippen LogP contribution >= 0.6 is 11.6 Å². The summed E-state index contributed by atoms with van der Waals surface area (Å²) in [6.45, 7) is 0.525. The van der Waals surface area contributed by atoms with Gasteiger partial charge in [0.15, 0.2) is 0 Å². The zero-order valence-electron chi connectivity index (χ0n) is 13.2. The normalized spacial score (nSPS) is 14.0. The Kier molecular flexibility index (Phi) is 4.99. The molecule has 0 aromatic heterocycles. The lowest BCUT2D eigenvalue weighted by molar-refractivity contribution is -0.127. The largest absolute Gasteiger partial charge is 0.324 e. The van der Waals surface area contributed by atoms with Crippen LogP contribution in [-0.4, -0.2) is 29.9 Å². The molecule has 2 aromatic rings. The first-order chi connectivity index (χ1) is 12.0. The van der Waals surface area contributed by atoms with E-state index < -0.39 is 17.5 Å². The van der Waals surface area contributed by atoms with E-state index in [4.69, 9.17) is 11.6 Å². The van der Waals surface area contributed by atoms with Crippen LogP contribution in [0.15, 0.2) is 42.5 Å². The van der Waals surface area contributed by atoms with Crippen LogP contribution in [0.4, 0.5) is 14.5 Å². The average molecular weight is 365 g/mol. The Labute approximate surface area is 148 Å². The Hall–Kier alpha value is -2.47. The Balaban J connectivity index is 1.96. The van der Waals surface area contributed by atoms with Gasteiger partial charge in [0.2, 0.25) is 5.91 Å². The standard InChI is InChI=1S/C18H15ClF2N2O2/c19-15-10-14(6-7-16(15)21)23(11-22-8-2-5-17(22)24)18(25)12-3-1-4-13(20)9-12/h1,3-4,6-7,9-10H,2,5,8,11H2. The molecule has 0 aliphatic carbocycles. The molecule has 0 radical (unpaired) electrons. The molecule has 0 spiro atoms. The predicted octanol–water partition coefficient (Wildman–Crippen LogP) is 3.84. The molecule has 1 saturated heterocycles. The van der Waals surface area contributed by atoms with Crippen molar-refractivity contribution in [3.8, 4) is 0 Å². The van der Waals surface area contributed by atoms with Gasteiger partial charge >= 0.3 is 0 Å². The van der Waals surface area contributed by atoms with E-state index >= 15 is 0 Å². The number of hydrogen-bond acceptors (Lipinski definition) is 2. The number of rotatable bonds is 4. The van der Waals surface area contributed by atoms with E-state index in [1.165, 1.54) is 40.1 Å². The first kappa shape index (κ1) is 17.4. The molecular formula is C18H15ClF2N2O2. The summed E-state index contributed by atoms with van der Waals surface area (Å²) in [5, 5.41) is -0.137. The van der Waals surface area contributed by atoms with Crippen LogP contribution in [-0.2, 0) is 4.79 Å². The second kappa shape index (κ2) is 7.19. The van der Waals surface area contributed by atoms with E-state index in [1.54, 1.807) is 0 Å². The average Bonchev–Trinajstić information content (AvgIpc) is 2.99. The highest BCUT2D eigenvalue weighted by atomic mass is 35.5. The Morgan fingerprint density at radius 3 is 2.64 bits per heavy atom. The summed E-state index contributed by atoms with van der Waals surface area (Å²) < 4.78 is 26.9. The monoisotopic (exact) mass is 364 g/mol. The van der Waals surface area contributed by atoms with Crippen molar-refractivity contribution in [2.24, 2.45) is 0 Å². The lowest BCUT2D eigenvalue weighted by atomic mass is 10.1. The molecule has 1 aliphatic rings. The Morgan fingerprint density at radius 2 is 2.00 bits per heavy atom. The molecule has 0 bridgehead atoms. The number of nitrogens with zero attached hydrogens (tertiary/aromatic N) is 2. The molecule has 0 saturated carbocycles. The summed E-state index contributed by atoms with van der Waals surface area (Å²) >= 11 is 5.83. The quantitative estimate of drug-likeness (QED) is 0.827. The van der Waals surface area contributed by atoms with Crippen molar-refractivity contribution < 1.29 is 18.4 Å². The number of carbonyl (C=O) groups excluding carboxylic acids is 2. The highest BCUT2D eigenvalue weighted by molar-refractivity contribution is 6.31. The lowest BCUT2D eigenvalue weighted by Crippen LogP contribution is -2.42. The SMILES string of the molecule is O=C1CCCN1CN(C(=O)c1cccc(F)c1)c1ccc(F)c(Cl)c1. The fourth-order valence-corrected chi connectivity index (χ4v) is 2.89. The maximum absolute atomic E-state index is 13.5. The number of likely N-dealkylation sites (tertiary alicyclic amines) is 1. The van der Waals surface area contributed by atoms with Crippen LogP contribution in [0.3, 0.4) is 0 Å². The van der Waals surface area contributed by atoms with Crippen molar-refractivity contribution in [2.75, 3.05) is 18.1 Å². The van der Waals surface area contributed by atoms with Crippen LogP contribution in [0.2, 0.25) is 5.02 Å². The van der Waals surface area contributed by atoms with E-state index in [2.05, 4.69) is 0 Å². The minimum Gasteiger partial charge on any atom is -0.324 e. The van der Waals surface area contributed by atoms with Gasteiger partial charge in [-0.1, -0.05) is 17.7 Å². The van der Waals surface area contributed by atoms with Gasteiger partial charge in [-0.2, -0.15) is 0 Å². The molecule has 3 rings (SSSR count). The minimum atomic E-state index is -0.610. The molecule has 7 heteroatoms. The summed E-state index contributed by atoms with van der Waals surface area (Å²) in [7, 11) is 0. The van der Waals surface area contributed by atoms with Crippen LogP contribution in [0.25, 0.3) is 0 Å². The highest BCUT2D eigenvalue weighted by Crippen LogP contribution is 2.25. The molecule has 4 nitrogen and oxygen atoms in total. The van der Waals surface area contributed by atoms with Gasteiger partial charge in [-0.05, 0) is 42.8 Å². The van der Waals surface area contributed by atoms with Crippen molar-refractivity contribution >= 4 is 29.1 Å². The molecule has 0 N–H and O–H groups in total. The van der Waals surface area contributed by atoms with Gasteiger partial charge < -0.3 is 4.90 Å². The third-order valence-corrected chi connectivity index (χ3v) is 4.30. The van der Waals surface area contributed by atoms with Crippen molar-refractivity contribution in [1.82, 2.24) is 4.90 Å². The summed E-state index contributed by atoms with van der Waals surface area (Å²) in [6, 6.07) is 9.13. The summed E-state index contributed by atoms with van der Waals surface area (Å²) in [6.07, 6.45) is 1.14. The fourth-order valence-electron chi connectivity index (χ4n) is 2.72. The maximum Gasteiger partial charge on any atom is 0.259 e. The van der Waals surface area contributed by atoms with Crippen LogP contribution in [0, 0.1) is 11.6 Å². The van der Waals surface area contributed by atoms with Gasteiger partial charge in [0.1, 0.15) is 18.3 Å². The van der Waals surface area contributed by atoms with Crippen molar-refractivity contribution in [2.45, 2.75) is 12.8 Å². The molecule has 1 fully saturated rings. The number of amides is 2. The van der Waals surface area contributed by atoms with Crippen molar-refractivity contribution in [1.29, 1.82) is 0 Å². The fraction of sp³-hybridized carbons (Fsp3) is 0.222. The van der Waals surface area contributed by atoms with Crippen LogP contribution in [0.5, 0.6) is 0 Å². The van der Waals surface area contributed by atoms with Gasteiger partial charge in [0.05, 0.1) is 5.02 Å². The summed E-state index contributed by atoms with van der Waals surface area (Å²) in [5.41, 5.74) is 0.465.